The Bertz CT molecular complexity index is 181. The van der Waals surface area contributed by atoms with Gasteiger partial charge in [-0.15, -0.1) is 0 Å². The molecule has 3 nitrogen and oxygen atoms in total. The molecule has 4 heteroatoms. The van der Waals surface area contributed by atoms with E-state index in [1.807, 2.05) is 6.92 Å². The van der Waals surface area contributed by atoms with Crippen molar-refractivity contribution in [3.8, 4) is 0 Å². The third-order valence-corrected chi connectivity index (χ3v) is 4.44. The zero-order valence-electron chi connectivity index (χ0n) is 9.91. The van der Waals surface area contributed by atoms with Gasteiger partial charge in [0.2, 0.25) is 0 Å². The lowest BCUT2D eigenvalue weighted by molar-refractivity contribution is 0.0828. The topological polar surface area (TPSA) is 21.7 Å². The van der Waals surface area contributed by atoms with Crippen LogP contribution < -0.4 is 0 Å². The molecule has 1 saturated heterocycles. The summed E-state index contributed by atoms with van der Waals surface area (Å²) in [5.74, 6) is 0. The first-order chi connectivity index (χ1) is 6.45. The Morgan fingerprint density at radius 3 is 2.64 bits per heavy atom. The van der Waals surface area contributed by atoms with Crippen molar-refractivity contribution in [1.29, 1.82) is 0 Å². The highest BCUT2D eigenvalue weighted by atomic mass is 31.2. The minimum Gasteiger partial charge on any atom is -0.322 e. The lowest BCUT2D eigenvalue weighted by atomic mass is 10.1. The van der Waals surface area contributed by atoms with Crippen LogP contribution in [0.25, 0.3) is 0 Å². The molecule has 0 aliphatic carbocycles. The van der Waals surface area contributed by atoms with Crippen LogP contribution >= 0.6 is 8.53 Å². The van der Waals surface area contributed by atoms with Crippen molar-refractivity contribution in [2.45, 2.75) is 52.7 Å². The summed E-state index contributed by atoms with van der Waals surface area (Å²) in [6.07, 6.45) is 1.44. The predicted octanol–water partition coefficient (Wildman–Crippen LogP) is 3.16. The Morgan fingerprint density at radius 2 is 2.14 bits per heavy atom. The molecular weight excluding hydrogens is 197 g/mol. The quantitative estimate of drug-likeness (QED) is 0.666. The van der Waals surface area contributed by atoms with E-state index in [9.17, 15) is 0 Å². The van der Waals surface area contributed by atoms with Crippen LogP contribution in [0, 0.1) is 0 Å². The fourth-order valence-electron chi connectivity index (χ4n) is 1.44. The van der Waals surface area contributed by atoms with Crippen LogP contribution in [-0.4, -0.2) is 29.5 Å². The van der Waals surface area contributed by atoms with Gasteiger partial charge in [-0.2, -0.15) is 0 Å². The smallest absolute Gasteiger partial charge is 0.259 e. The highest BCUT2D eigenvalue weighted by molar-refractivity contribution is 7.44. The highest BCUT2D eigenvalue weighted by Crippen LogP contribution is 2.51. The molecule has 1 aliphatic heterocycles. The lowest BCUT2D eigenvalue weighted by Crippen LogP contribution is -2.43. The molecule has 0 saturated carbocycles. The molecule has 0 bridgehead atoms. The van der Waals surface area contributed by atoms with Gasteiger partial charge < -0.3 is 9.05 Å². The lowest BCUT2D eigenvalue weighted by Gasteiger charge is -2.43. The number of nitrogens with zero attached hydrogens (tertiary/aromatic N) is 1. The first-order valence-corrected chi connectivity index (χ1v) is 6.45. The van der Waals surface area contributed by atoms with E-state index in [2.05, 4.69) is 32.4 Å². The molecule has 0 amide bonds. The fourth-order valence-corrected chi connectivity index (χ4v) is 3.16. The maximum Gasteiger partial charge on any atom is 0.259 e. The third-order valence-electron chi connectivity index (χ3n) is 2.23. The summed E-state index contributed by atoms with van der Waals surface area (Å²) in [7, 11) is -0.829. The van der Waals surface area contributed by atoms with Crippen LogP contribution in [0.5, 0.6) is 0 Å². The highest BCUT2D eigenvalue weighted by Gasteiger charge is 2.35. The summed E-state index contributed by atoms with van der Waals surface area (Å²) in [6.45, 7) is 12.6. The number of hydrogen-bond acceptors (Lipinski definition) is 3. The van der Waals surface area contributed by atoms with Gasteiger partial charge in [-0.3, -0.25) is 0 Å². The van der Waals surface area contributed by atoms with E-state index in [1.165, 1.54) is 0 Å². The largest absolute Gasteiger partial charge is 0.322 e. The molecule has 0 N–H and O–H groups in total. The first-order valence-electron chi connectivity index (χ1n) is 5.32. The van der Waals surface area contributed by atoms with E-state index in [0.29, 0.717) is 6.10 Å². The van der Waals surface area contributed by atoms with Crippen molar-refractivity contribution in [2.24, 2.45) is 0 Å². The molecule has 0 radical (unpaired) electrons. The van der Waals surface area contributed by atoms with Crippen LogP contribution in [0.1, 0.15) is 41.0 Å². The fraction of sp³-hybridized carbons (Fsp3) is 1.00. The van der Waals surface area contributed by atoms with Crippen LogP contribution in [0.3, 0.4) is 0 Å². The van der Waals surface area contributed by atoms with Crippen molar-refractivity contribution in [1.82, 2.24) is 4.67 Å². The van der Waals surface area contributed by atoms with E-state index in [-0.39, 0.29) is 5.54 Å². The van der Waals surface area contributed by atoms with Crippen molar-refractivity contribution in [2.75, 3.05) is 13.2 Å². The maximum atomic E-state index is 5.83. The maximum absolute atomic E-state index is 5.83. The minimum atomic E-state index is -0.829. The summed E-state index contributed by atoms with van der Waals surface area (Å²) in [6, 6.07) is 0. The van der Waals surface area contributed by atoms with E-state index in [1.54, 1.807) is 0 Å². The molecule has 0 aromatic heterocycles. The molecule has 14 heavy (non-hydrogen) atoms. The van der Waals surface area contributed by atoms with Crippen molar-refractivity contribution in [3.05, 3.63) is 0 Å². The Morgan fingerprint density at radius 1 is 1.50 bits per heavy atom. The Balaban J connectivity index is 2.62. The average Bonchev–Trinajstić information content (AvgIpc) is 2.02. The van der Waals surface area contributed by atoms with Crippen LogP contribution in [0.4, 0.5) is 0 Å². The molecule has 2 unspecified atom stereocenters. The van der Waals surface area contributed by atoms with Crippen molar-refractivity contribution >= 4 is 8.53 Å². The van der Waals surface area contributed by atoms with Crippen LogP contribution in [0.15, 0.2) is 0 Å². The first kappa shape index (κ1) is 12.4. The Labute approximate surface area is 88.7 Å². The second-order valence-corrected chi connectivity index (χ2v) is 6.08. The minimum absolute atomic E-state index is 0.140. The molecule has 1 heterocycles. The van der Waals surface area contributed by atoms with Gasteiger partial charge in [0.1, 0.15) is 0 Å². The monoisotopic (exact) mass is 219 g/mol. The summed E-state index contributed by atoms with van der Waals surface area (Å²) < 4.78 is 13.8. The van der Waals surface area contributed by atoms with E-state index < -0.39 is 8.53 Å². The second-order valence-electron chi connectivity index (χ2n) is 4.65. The molecule has 84 valence electrons. The molecule has 0 spiro atoms. The zero-order chi connectivity index (χ0) is 10.8. The van der Waals surface area contributed by atoms with Gasteiger partial charge >= 0.3 is 0 Å². The third kappa shape index (κ3) is 3.16. The molecular formula is C10H22NO2P. The summed E-state index contributed by atoms with van der Waals surface area (Å²) in [4.78, 5) is 0. The Kier molecular flexibility index (Phi) is 4.32. The molecule has 1 fully saturated rings. The molecule has 1 aliphatic rings. The molecule has 2 atom stereocenters. The SMILES string of the molecule is CCOP1OC(C)CCN1C(C)(C)C. The predicted molar refractivity (Wildman–Crippen MR) is 60.2 cm³/mol. The van der Waals surface area contributed by atoms with Gasteiger partial charge in [0.05, 0.1) is 12.7 Å². The van der Waals surface area contributed by atoms with Crippen molar-refractivity contribution in [3.63, 3.8) is 0 Å². The molecule has 0 aromatic carbocycles. The molecule has 0 aromatic rings. The van der Waals surface area contributed by atoms with Gasteiger partial charge in [-0.05, 0) is 41.0 Å². The van der Waals surface area contributed by atoms with Gasteiger partial charge in [0.15, 0.2) is 0 Å². The second kappa shape index (κ2) is 4.89. The van der Waals surface area contributed by atoms with Crippen molar-refractivity contribution < 1.29 is 9.05 Å². The average molecular weight is 219 g/mol. The summed E-state index contributed by atoms with van der Waals surface area (Å²) >= 11 is 0. The summed E-state index contributed by atoms with van der Waals surface area (Å²) in [5.41, 5.74) is 0.140. The number of rotatable bonds is 2. The summed E-state index contributed by atoms with van der Waals surface area (Å²) in [5, 5.41) is 0. The number of hydrogen-bond donors (Lipinski definition) is 0. The van der Waals surface area contributed by atoms with Gasteiger partial charge in [0, 0.05) is 12.1 Å². The van der Waals surface area contributed by atoms with E-state index in [4.69, 9.17) is 9.05 Å². The van der Waals surface area contributed by atoms with E-state index >= 15 is 0 Å². The standard InChI is InChI=1S/C10H22NO2P/c1-6-12-14-11(10(3,4)5)8-7-9(2)13-14/h9H,6-8H2,1-5H3. The van der Waals surface area contributed by atoms with Gasteiger partial charge in [0.25, 0.3) is 8.53 Å². The normalized spacial score (nSPS) is 30.6. The van der Waals surface area contributed by atoms with Crippen LogP contribution in [-0.2, 0) is 9.05 Å². The van der Waals surface area contributed by atoms with Gasteiger partial charge in [-0.1, -0.05) is 0 Å². The Hall–Kier alpha value is 0.310. The van der Waals surface area contributed by atoms with Crippen LogP contribution in [0.2, 0.25) is 0 Å². The zero-order valence-corrected chi connectivity index (χ0v) is 10.8. The van der Waals surface area contributed by atoms with Gasteiger partial charge in [-0.25, -0.2) is 4.67 Å². The van der Waals surface area contributed by atoms with E-state index in [0.717, 1.165) is 19.6 Å². The molecule has 1 rings (SSSR count).